The summed E-state index contributed by atoms with van der Waals surface area (Å²) in [6.45, 7) is 2.76. The molecule has 1 fully saturated rings. The van der Waals surface area contributed by atoms with Gasteiger partial charge in [0.1, 0.15) is 5.82 Å². The fraction of sp³-hybridized carbons (Fsp3) is 0.538. The van der Waals surface area contributed by atoms with Gasteiger partial charge in [0, 0.05) is 29.2 Å². The van der Waals surface area contributed by atoms with Crippen molar-refractivity contribution in [1.29, 1.82) is 0 Å². The molecule has 1 atom stereocenters. The van der Waals surface area contributed by atoms with Crippen LogP contribution in [0.25, 0.3) is 0 Å². The molecule has 1 aliphatic heterocycles. The monoisotopic (exact) mass is 300 g/mol. The first-order valence-corrected chi connectivity index (χ1v) is 6.82. The van der Waals surface area contributed by atoms with Crippen molar-refractivity contribution in [3.05, 3.63) is 34.1 Å². The van der Waals surface area contributed by atoms with Crippen molar-refractivity contribution < 1.29 is 4.39 Å². The van der Waals surface area contributed by atoms with Gasteiger partial charge >= 0.3 is 0 Å². The molecule has 1 heterocycles. The Hall–Kier alpha value is -0.450. The van der Waals surface area contributed by atoms with Gasteiger partial charge in [-0.05, 0) is 44.6 Å². The number of likely N-dealkylation sites (N-methyl/N-ethyl adjacent to an activating group) is 1. The third kappa shape index (κ3) is 3.27. The third-order valence-electron chi connectivity index (χ3n) is 3.32. The van der Waals surface area contributed by atoms with Crippen LogP contribution < -0.4 is 5.32 Å². The van der Waals surface area contributed by atoms with Gasteiger partial charge in [-0.15, -0.1) is 0 Å². The number of likely N-dealkylation sites (tertiary alicyclic amines) is 1. The SMILES string of the molecule is CNCC1CCCN1Cc1cc(Br)ccc1F. The molecule has 1 aromatic carbocycles. The van der Waals surface area contributed by atoms with E-state index in [0.29, 0.717) is 12.6 Å². The lowest BCUT2D eigenvalue weighted by Gasteiger charge is -2.24. The summed E-state index contributed by atoms with van der Waals surface area (Å²) in [6, 6.07) is 5.69. The van der Waals surface area contributed by atoms with E-state index in [1.54, 1.807) is 6.07 Å². The standard InChI is InChI=1S/C13H18BrFN2/c1-16-8-12-3-2-6-17(12)9-10-7-11(14)4-5-13(10)15/h4-5,7,12,16H,2-3,6,8-9H2,1H3. The number of nitrogens with one attached hydrogen (secondary N) is 1. The summed E-state index contributed by atoms with van der Waals surface area (Å²) in [5.41, 5.74) is 0.780. The highest BCUT2D eigenvalue weighted by atomic mass is 79.9. The average Bonchev–Trinajstić information content (AvgIpc) is 2.72. The van der Waals surface area contributed by atoms with E-state index in [1.165, 1.54) is 18.9 Å². The Morgan fingerprint density at radius 2 is 2.35 bits per heavy atom. The van der Waals surface area contributed by atoms with Crippen LogP contribution in [0.3, 0.4) is 0 Å². The molecule has 1 unspecified atom stereocenters. The first-order valence-electron chi connectivity index (χ1n) is 6.03. The van der Waals surface area contributed by atoms with E-state index < -0.39 is 0 Å². The number of rotatable bonds is 4. The van der Waals surface area contributed by atoms with Gasteiger partial charge in [-0.25, -0.2) is 4.39 Å². The molecule has 94 valence electrons. The van der Waals surface area contributed by atoms with Crippen LogP contribution in [0.2, 0.25) is 0 Å². The molecule has 0 aliphatic carbocycles. The van der Waals surface area contributed by atoms with Crippen molar-refractivity contribution in [1.82, 2.24) is 10.2 Å². The summed E-state index contributed by atoms with van der Waals surface area (Å²) in [4.78, 5) is 2.36. The van der Waals surface area contributed by atoms with E-state index >= 15 is 0 Å². The van der Waals surface area contributed by atoms with Crippen LogP contribution in [0.1, 0.15) is 18.4 Å². The second-order valence-electron chi connectivity index (χ2n) is 4.56. The Labute approximate surface area is 110 Å². The largest absolute Gasteiger partial charge is 0.318 e. The van der Waals surface area contributed by atoms with Crippen LogP contribution in [-0.4, -0.2) is 31.1 Å². The van der Waals surface area contributed by atoms with E-state index in [1.807, 2.05) is 13.1 Å². The Bertz CT molecular complexity index is 384. The highest BCUT2D eigenvalue weighted by Crippen LogP contribution is 2.22. The number of halogens is 2. The zero-order valence-corrected chi connectivity index (χ0v) is 11.6. The molecule has 17 heavy (non-hydrogen) atoms. The maximum atomic E-state index is 13.7. The lowest BCUT2D eigenvalue weighted by molar-refractivity contribution is 0.239. The van der Waals surface area contributed by atoms with Gasteiger partial charge < -0.3 is 5.32 Å². The zero-order chi connectivity index (χ0) is 12.3. The first kappa shape index (κ1) is 13.0. The Morgan fingerprint density at radius 1 is 1.53 bits per heavy atom. The molecular formula is C13H18BrFN2. The van der Waals surface area contributed by atoms with E-state index in [0.717, 1.165) is 23.1 Å². The van der Waals surface area contributed by atoms with E-state index in [-0.39, 0.29) is 5.82 Å². The lowest BCUT2D eigenvalue weighted by Crippen LogP contribution is -2.36. The molecule has 1 saturated heterocycles. The van der Waals surface area contributed by atoms with Crippen LogP contribution in [0, 0.1) is 5.82 Å². The Kier molecular flexibility index (Phi) is 4.54. The highest BCUT2D eigenvalue weighted by Gasteiger charge is 2.24. The number of nitrogens with zero attached hydrogens (tertiary/aromatic N) is 1. The maximum absolute atomic E-state index is 13.7. The van der Waals surface area contributed by atoms with Gasteiger partial charge in [-0.2, -0.15) is 0 Å². The molecular weight excluding hydrogens is 283 g/mol. The Morgan fingerprint density at radius 3 is 3.12 bits per heavy atom. The third-order valence-corrected chi connectivity index (χ3v) is 3.81. The predicted molar refractivity (Wildman–Crippen MR) is 71.5 cm³/mol. The first-order chi connectivity index (χ1) is 8.20. The normalized spacial score (nSPS) is 21.0. The fourth-order valence-corrected chi connectivity index (χ4v) is 2.86. The van der Waals surface area contributed by atoms with Gasteiger partial charge in [0.2, 0.25) is 0 Å². The molecule has 1 aromatic rings. The molecule has 1 N–H and O–H groups in total. The number of benzene rings is 1. The van der Waals surface area contributed by atoms with Crippen molar-refractivity contribution >= 4 is 15.9 Å². The molecule has 2 nitrogen and oxygen atoms in total. The van der Waals surface area contributed by atoms with Gasteiger partial charge in [0.15, 0.2) is 0 Å². The molecule has 0 radical (unpaired) electrons. The zero-order valence-electron chi connectivity index (χ0n) is 10.0. The second-order valence-corrected chi connectivity index (χ2v) is 5.48. The minimum Gasteiger partial charge on any atom is -0.318 e. The summed E-state index contributed by atoms with van der Waals surface area (Å²) < 4.78 is 14.6. The van der Waals surface area contributed by atoms with Gasteiger partial charge in [0.05, 0.1) is 0 Å². The molecule has 0 aromatic heterocycles. The molecule has 0 bridgehead atoms. The smallest absolute Gasteiger partial charge is 0.127 e. The van der Waals surface area contributed by atoms with Crippen molar-refractivity contribution in [3.8, 4) is 0 Å². The lowest BCUT2D eigenvalue weighted by atomic mass is 10.1. The molecule has 2 rings (SSSR count). The summed E-state index contributed by atoms with van der Waals surface area (Å²) >= 11 is 3.39. The summed E-state index contributed by atoms with van der Waals surface area (Å²) in [5.74, 6) is -0.108. The second kappa shape index (κ2) is 5.94. The summed E-state index contributed by atoms with van der Waals surface area (Å²) in [7, 11) is 1.97. The van der Waals surface area contributed by atoms with E-state index in [9.17, 15) is 4.39 Å². The highest BCUT2D eigenvalue weighted by molar-refractivity contribution is 9.10. The van der Waals surface area contributed by atoms with Crippen LogP contribution in [0.5, 0.6) is 0 Å². The predicted octanol–water partition coefficient (Wildman–Crippen LogP) is 2.77. The summed E-state index contributed by atoms with van der Waals surface area (Å²) in [5, 5.41) is 3.21. The molecule has 0 spiro atoms. The van der Waals surface area contributed by atoms with Crippen molar-refractivity contribution in [2.45, 2.75) is 25.4 Å². The minimum absolute atomic E-state index is 0.108. The van der Waals surface area contributed by atoms with Gasteiger partial charge in [-0.3, -0.25) is 4.90 Å². The van der Waals surface area contributed by atoms with E-state index in [4.69, 9.17) is 0 Å². The Balaban J connectivity index is 2.06. The van der Waals surface area contributed by atoms with Crippen LogP contribution in [0.4, 0.5) is 4.39 Å². The molecule has 1 aliphatic rings. The van der Waals surface area contributed by atoms with E-state index in [2.05, 4.69) is 26.1 Å². The average molecular weight is 301 g/mol. The van der Waals surface area contributed by atoms with Crippen molar-refractivity contribution in [2.24, 2.45) is 0 Å². The summed E-state index contributed by atoms with van der Waals surface area (Å²) in [6.07, 6.45) is 2.42. The maximum Gasteiger partial charge on any atom is 0.127 e. The van der Waals surface area contributed by atoms with Gasteiger partial charge in [0.25, 0.3) is 0 Å². The van der Waals surface area contributed by atoms with Gasteiger partial charge in [-0.1, -0.05) is 15.9 Å². The fourth-order valence-electron chi connectivity index (χ4n) is 2.45. The van der Waals surface area contributed by atoms with Crippen LogP contribution >= 0.6 is 15.9 Å². The topological polar surface area (TPSA) is 15.3 Å². The number of hydrogen-bond acceptors (Lipinski definition) is 2. The van der Waals surface area contributed by atoms with Crippen molar-refractivity contribution in [2.75, 3.05) is 20.1 Å². The quantitative estimate of drug-likeness (QED) is 0.920. The van der Waals surface area contributed by atoms with Crippen molar-refractivity contribution in [3.63, 3.8) is 0 Å². The van der Waals surface area contributed by atoms with Crippen LogP contribution in [0.15, 0.2) is 22.7 Å². The van der Waals surface area contributed by atoms with Crippen LogP contribution in [-0.2, 0) is 6.54 Å². The molecule has 0 saturated carbocycles. The molecule has 4 heteroatoms. The number of hydrogen-bond donors (Lipinski definition) is 1. The molecule has 0 amide bonds. The minimum atomic E-state index is -0.108.